The van der Waals surface area contributed by atoms with Crippen LogP contribution in [0.5, 0.6) is 5.75 Å². The highest BCUT2D eigenvalue weighted by molar-refractivity contribution is 7.92. The van der Waals surface area contributed by atoms with Crippen molar-refractivity contribution in [3.8, 4) is 22.7 Å². The standard InChI is InChI=1S/C28H23ClN6O4S/c1-18(30-20-8-14-23(15-9-20)40(37,38)34-25-17-16-24(29)31-32-25)26-27(19-6-4-3-5-7-19)33-35(28(26)36)21-10-12-22(39-2)13-11-21/h3-17,33H,1-2H3,(H,32,34). The van der Waals surface area contributed by atoms with Gasteiger partial charge in [-0.1, -0.05) is 41.9 Å². The van der Waals surface area contributed by atoms with Crippen LogP contribution in [-0.4, -0.2) is 41.2 Å². The highest BCUT2D eigenvalue weighted by atomic mass is 35.5. The zero-order valence-corrected chi connectivity index (χ0v) is 22.9. The van der Waals surface area contributed by atoms with Crippen LogP contribution < -0.4 is 15.0 Å². The number of halogens is 1. The molecular formula is C28H23ClN6O4S. The number of sulfonamides is 1. The number of aromatic nitrogens is 4. The maximum atomic E-state index is 13.6. The Morgan fingerprint density at radius 3 is 2.27 bits per heavy atom. The Morgan fingerprint density at radius 1 is 0.950 bits per heavy atom. The van der Waals surface area contributed by atoms with Gasteiger partial charge in [0.1, 0.15) is 5.75 Å². The molecule has 0 aliphatic heterocycles. The summed E-state index contributed by atoms with van der Waals surface area (Å²) in [6, 6.07) is 25.4. The number of hydrogen-bond acceptors (Lipinski definition) is 7. The van der Waals surface area contributed by atoms with Crippen LogP contribution >= 0.6 is 11.6 Å². The molecule has 0 amide bonds. The lowest BCUT2D eigenvalue weighted by molar-refractivity contribution is 0.414. The molecule has 40 heavy (non-hydrogen) atoms. The molecule has 0 spiro atoms. The molecule has 0 fully saturated rings. The summed E-state index contributed by atoms with van der Waals surface area (Å²) >= 11 is 5.71. The van der Waals surface area contributed by atoms with Crippen molar-refractivity contribution in [3.05, 3.63) is 112 Å². The molecule has 0 aliphatic carbocycles. The first-order valence-electron chi connectivity index (χ1n) is 12.0. The van der Waals surface area contributed by atoms with Gasteiger partial charge in [-0.3, -0.25) is 19.6 Å². The normalized spacial score (nSPS) is 11.8. The molecule has 2 heterocycles. The maximum Gasteiger partial charge on any atom is 0.280 e. The number of aromatic amines is 1. The molecule has 3 aromatic carbocycles. The fourth-order valence-corrected chi connectivity index (χ4v) is 5.11. The van der Waals surface area contributed by atoms with E-state index in [1.165, 1.54) is 28.9 Å². The van der Waals surface area contributed by atoms with Crippen LogP contribution in [0.3, 0.4) is 0 Å². The third-order valence-electron chi connectivity index (χ3n) is 5.96. The van der Waals surface area contributed by atoms with E-state index in [1.54, 1.807) is 50.4 Å². The highest BCUT2D eigenvalue weighted by Crippen LogP contribution is 2.25. The predicted molar refractivity (Wildman–Crippen MR) is 155 cm³/mol. The Kier molecular flexibility index (Phi) is 7.50. The summed E-state index contributed by atoms with van der Waals surface area (Å²) in [5, 5.41) is 10.7. The number of benzene rings is 3. The van der Waals surface area contributed by atoms with Gasteiger partial charge >= 0.3 is 0 Å². The van der Waals surface area contributed by atoms with Gasteiger partial charge in [0.05, 0.1) is 40.3 Å². The summed E-state index contributed by atoms with van der Waals surface area (Å²) in [7, 11) is -2.34. The molecule has 0 bridgehead atoms. The SMILES string of the molecule is COc1ccc(-n2[nH]c(-c3ccccc3)c(C(C)=Nc3ccc(S(=O)(=O)Nc4ccc(Cl)nn4)cc3)c2=O)cc1. The van der Waals surface area contributed by atoms with Crippen molar-refractivity contribution in [1.82, 2.24) is 20.0 Å². The lowest BCUT2D eigenvalue weighted by Gasteiger charge is -2.07. The second kappa shape index (κ2) is 11.2. The second-order valence-corrected chi connectivity index (χ2v) is 10.7. The van der Waals surface area contributed by atoms with E-state index in [9.17, 15) is 13.2 Å². The van der Waals surface area contributed by atoms with Crippen LogP contribution in [0.2, 0.25) is 5.15 Å². The van der Waals surface area contributed by atoms with Gasteiger partial charge in [-0.15, -0.1) is 10.2 Å². The fraction of sp³-hybridized carbons (Fsp3) is 0.0714. The fourth-order valence-electron chi connectivity index (χ4n) is 4.02. The average Bonchev–Trinajstić information content (AvgIpc) is 3.32. The molecule has 0 aliphatic rings. The van der Waals surface area contributed by atoms with Gasteiger partial charge in [0.2, 0.25) is 0 Å². The van der Waals surface area contributed by atoms with Crippen molar-refractivity contribution >= 4 is 38.8 Å². The molecule has 0 saturated carbocycles. The number of nitrogens with one attached hydrogen (secondary N) is 2. The predicted octanol–water partition coefficient (Wildman–Crippen LogP) is 5.23. The topological polar surface area (TPSA) is 131 Å². The van der Waals surface area contributed by atoms with E-state index in [1.807, 2.05) is 30.3 Å². The molecule has 0 radical (unpaired) electrons. The number of H-pyrrole nitrogens is 1. The van der Waals surface area contributed by atoms with E-state index >= 15 is 0 Å². The highest BCUT2D eigenvalue weighted by Gasteiger charge is 2.20. The van der Waals surface area contributed by atoms with Crippen LogP contribution in [0, 0.1) is 0 Å². The summed E-state index contributed by atoms with van der Waals surface area (Å²) in [6.07, 6.45) is 0. The minimum absolute atomic E-state index is 0.00864. The van der Waals surface area contributed by atoms with Gasteiger partial charge in [-0.2, -0.15) is 0 Å². The van der Waals surface area contributed by atoms with Gasteiger partial charge in [0.25, 0.3) is 15.6 Å². The van der Waals surface area contributed by atoms with Crippen molar-refractivity contribution < 1.29 is 13.2 Å². The first kappa shape index (κ1) is 26.9. The molecule has 5 rings (SSSR count). The minimum Gasteiger partial charge on any atom is -0.497 e. The maximum absolute atomic E-state index is 13.6. The third kappa shape index (κ3) is 5.65. The van der Waals surface area contributed by atoms with Gasteiger partial charge in [-0.25, -0.2) is 13.1 Å². The molecule has 2 N–H and O–H groups in total. The number of nitrogens with zero attached hydrogens (tertiary/aromatic N) is 4. The average molecular weight is 575 g/mol. The smallest absolute Gasteiger partial charge is 0.280 e. The van der Waals surface area contributed by atoms with Crippen LogP contribution in [0.1, 0.15) is 12.5 Å². The molecule has 2 aromatic heterocycles. The van der Waals surface area contributed by atoms with Crippen LogP contribution in [-0.2, 0) is 10.0 Å². The van der Waals surface area contributed by atoms with E-state index in [-0.39, 0.29) is 21.4 Å². The largest absolute Gasteiger partial charge is 0.497 e. The van der Waals surface area contributed by atoms with Crippen molar-refractivity contribution in [1.29, 1.82) is 0 Å². The van der Waals surface area contributed by atoms with Gasteiger partial charge in [0.15, 0.2) is 11.0 Å². The van der Waals surface area contributed by atoms with Crippen LogP contribution in [0.25, 0.3) is 16.9 Å². The van der Waals surface area contributed by atoms with Crippen LogP contribution in [0.15, 0.2) is 106 Å². The molecule has 0 unspecified atom stereocenters. The van der Waals surface area contributed by atoms with Crippen molar-refractivity contribution in [2.45, 2.75) is 11.8 Å². The van der Waals surface area contributed by atoms with Gasteiger partial charge in [0, 0.05) is 5.56 Å². The molecule has 5 aromatic rings. The first-order valence-corrected chi connectivity index (χ1v) is 13.8. The minimum atomic E-state index is -3.92. The van der Waals surface area contributed by atoms with Crippen molar-refractivity contribution in [2.75, 3.05) is 11.8 Å². The Balaban J connectivity index is 1.49. The zero-order valence-electron chi connectivity index (χ0n) is 21.4. The van der Waals surface area contributed by atoms with Crippen molar-refractivity contribution in [2.24, 2.45) is 4.99 Å². The Bertz CT molecular complexity index is 1830. The summed E-state index contributed by atoms with van der Waals surface area (Å²) in [5.41, 5.74) is 3.09. The third-order valence-corrected chi connectivity index (χ3v) is 7.53. The summed E-state index contributed by atoms with van der Waals surface area (Å²) in [5.74, 6) is 0.711. The van der Waals surface area contributed by atoms with Crippen LogP contribution in [0.4, 0.5) is 11.5 Å². The summed E-state index contributed by atoms with van der Waals surface area (Å²) in [4.78, 5) is 18.3. The lowest BCUT2D eigenvalue weighted by atomic mass is 10.1. The van der Waals surface area contributed by atoms with E-state index in [0.717, 1.165) is 5.56 Å². The van der Waals surface area contributed by atoms with Gasteiger partial charge in [-0.05, 0) is 67.6 Å². The van der Waals surface area contributed by atoms with E-state index < -0.39 is 10.0 Å². The quantitative estimate of drug-likeness (QED) is 0.244. The Hall–Kier alpha value is -4.74. The van der Waals surface area contributed by atoms with E-state index in [2.05, 4.69) is 25.0 Å². The molecule has 10 nitrogen and oxygen atoms in total. The molecule has 0 saturated heterocycles. The van der Waals surface area contributed by atoms with Gasteiger partial charge < -0.3 is 4.74 Å². The molecule has 0 atom stereocenters. The molecular weight excluding hydrogens is 552 g/mol. The van der Waals surface area contributed by atoms with E-state index in [4.69, 9.17) is 16.3 Å². The molecule has 202 valence electrons. The monoisotopic (exact) mass is 574 g/mol. The van der Waals surface area contributed by atoms with Crippen molar-refractivity contribution in [3.63, 3.8) is 0 Å². The zero-order chi connectivity index (χ0) is 28.3. The first-order chi connectivity index (χ1) is 19.2. The number of anilines is 1. The number of hydrogen-bond donors (Lipinski definition) is 2. The second-order valence-electron chi connectivity index (χ2n) is 8.60. The number of aliphatic imine (C=N–C) groups is 1. The molecule has 12 heteroatoms. The van der Waals surface area contributed by atoms with E-state index in [0.29, 0.717) is 34.1 Å². The Morgan fingerprint density at radius 2 is 1.65 bits per heavy atom. The number of ether oxygens (including phenoxy) is 1. The number of methoxy groups -OCH3 is 1. The number of rotatable bonds is 8. The Labute approximate surface area is 235 Å². The lowest BCUT2D eigenvalue weighted by Crippen LogP contribution is -2.19. The summed E-state index contributed by atoms with van der Waals surface area (Å²) < 4.78 is 34.6. The summed E-state index contributed by atoms with van der Waals surface area (Å²) in [6.45, 7) is 1.74.